The molecular weight excluding hydrogens is 254 g/mol. The van der Waals surface area contributed by atoms with Crippen LogP contribution in [0.4, 0.5) is 0 Å². The second kappa shape index (κ2) is 5.63. The second-order valence-electron chi connectivity index (χ2n) is 5.24. The lowest BCUT2D eigenvalue weighted by Gasteiger charge is -2.26. The molecule has 0 saturated carbocycles. The van der Waals surface area contributed by atoms with E-state index in [0.29, 0.717) is 17.6 Å². The van der Waals surface area contributed by atoms with Gasteiger partial charge >= 0.3 is 0 Å². The van der Waals surface area contributed by atoms with E-state index in [4.69, 9.17) is 9.26 Å². The largest absolute Gasteiger partial charge is 0.497 e. The first-order chi connectivity index (χ1) is 9.78. The quantitative estimate of drug-likeness (QED) is 0.931. The smallest absolute Gasteiger partial charge is 0.244 e. The summed E-state index contributed by atoms with van der Waals surface area (Å²) in [5, 5.41) is 7.54. The zero-order chi connectivity index (χ0) is 13.9. The van der Waals surface area contributed by atoms with Crippen LogP contribution in [0.25, 0.3) is 11.4 Å². The van der Waals surface area contributed by atoms with E-state index in [1.165, 1.54) is 12.8 Å². The van der Waals surface area contributed by atoms with Crippen LogP contribution in [-0.2, 0) is 0 Å². The molecule has 1 aliphatic rings. The first-order valence-corrected chi connectivity index (χ1v) is 6.99. The van der Waals surface area contributed by atoms with Gasteiger partial charge in [-0.2, -0.15) is 4.98 Å². The molecule has 1 aromatic carbocycles. The lowest BCUT2D eigenvalue weighted by molar-refractivity contribution is 0.239. The van der Waals surface area contributed by atoms with Crippen LogP contribution >= 0.6 is 0 Å². The van der Waals surface area contributed by atoms with E-state index in [2.05, 4.69) is 22.4 Å². The summed E-state index contributed by atoms with van der Waals surface area (Å²) in [5.74, 6) is 2.59. The van der Waals surface area contributed by atoms with Crippen molar-refractivity contribution in [2.45, 2.75) is 25.8 Å². The number of nitrogens with one attached hydrogen (secondary N) is 1. The number of aromatic nitrogens is 2. The number of rotatable bonds is 3. The first kappa shape index (κ1) is 13.1. The average Bonchev–Trinajstić information content (AvgIpc) is 2.97. The molecule has 106 valence electrons. The fourth-order valence-corrected chi connectivity index (χ4v) is 2.62. The first-order valence-electron chi connectivity index (χ1n) is 6.99. The van der Waals surface area contributed by atoms with Gasteiger partial charge in [-0.3, -0.25) is 0 Å². The highest BCUT2D eigenvalue weighted by molar-refractivity contribution is 5.56. The van der Waals surface area contributed by atoms with Crippen LogP contribution in [0.1, 0.15) is 31.7 Å². The molecule has 0 aliphatic carbocycles. The molecule has 1 N–H and O–H groups in total. The van der Waals surface area contributed by atoms with Crippen LogP contribution < -0.4 is 10.1 Å². The van der Waals surface area contributed by atoms with Crippen molar-refractivity contribution < 1.29 is 9.26 Å². The number of benzene rings is 1. The molecule has 1 fully saturated rings. The topological polar surface area (TPSA) is 60.2 Å². The maximum atomic E-state index is 5.44. The Morgan fingerprint density at radius 1 is 1.40 bits per heavy atom. The van der Waals surface area contributed by atoms with Gasteiger partial charge in [0, 0.05) is 5.56 Å². The van der Waals surface area contributed by atoms with Crippen LogP contribution in [0.5, 0.6) is 5.75 Å². The Kier molecular flexibility index (Phi) is 3.69. The van der Waals surface area contributed by atoms with E-state index >= 15 is 0 Å². The molecule has 2 heterocycles. The Morgan fingerprint density at radius 3 is 3.10 bits per heavy atom. The Morgan fingerprint density at radius 2 is 2.30 bits per heavy atom. The van der Waals surface area contributed by atoms with Crippen LogP contribution in [0.15, 0.2) is 28.8 Å². The van der Waals surface area contributed by atoms with Crippen molar-refractivity contribution in [2.24, 2.45) is 5.92 Å². The zero-order valence-electron chi connectivity index (χ0n) is 11.8. The summed E-state index contributed by atoms with van der Waals surface area (Å²) in [6.07, 6.45) is 2.39. The monoisotopic (exact) mass is 273 g/mol. The summed E-state index contributed by atoms with van der Waals surface area (Å²) < 4.78 is 10.7. The van der Waals surface area contributed by atoms with Gasteiger partial charge in [-0.05, 0) is 37.4 Å². The van der Waals surface area contributed by atoms with Crippen molar-refractivity contribution in [1.82, 2.24) is 15.5 Å². The summed E-state index contributed by atoms with van der Waals surface area (Å²) in [5.41, 5.74) is 0.905. The molecule has 20 heavy (non-hydrogen) atoms. The highest BCUT2D eigenvalue weighted by Gasteiger charge is 2.27. The van der Waals surface area contributed by atoms with Gasteiger partial charge in [-0.25, -0.2) is 0 Å². The minimum atomic E-state index is 0.163. The van der Waals surface area contributed by atoms with Crippen molar-refractivity contribution >= 4 is 0 Å². The van der Waals surface area contributed by atoms with E-state index in [-0.39, 0.29) is 6.04 Å². The fourth-order valence-electron chi connectivity index (χ4n) is 2.62. The molecule has 1 aliphatic heterocycles. The van der Waals surface area contributed by atoms with Crippen molar-refractivity contribution in [3.63, 3.8) is 0 Å². The van der Waals surface area contributed by atoms with E-state index < -0.39 is 0 Å². The Bertz CT molecular complexity index is 582. The SMILES string of the molecule is COc1cccc(-c2noc(C3NCCCC3C)n2)c1. The summed E-state index contributed by atoms with van der Waals surface area (Å²) >= 11 is 0. The minimum Gasteiger partial charge on any atom is -0.497 e. The van der Waals surface area contributed by atoms with E-state index in [9.17, 15) is 0 Å². The second-order valence-corrected chi connectivity index (χ2v) is 5.24. The molecule has 2 atom stereocenters. The third-order valence-corrected chi connectivity index (χ3v) is 3.81. The van der Waals surface area contributed by atoms with Crippen molar-refractivity contribution in [1.29, 1.82) is 0 Å². The molecule has 0 bridgehead atoms. The van der Waals surface area contributed by atoms with Gasteiger partial charge in [0.1, 0.15) is 5.75 Å². The summed E-state index contributed by atoms with van der Waals surface area (Å²) in [7, 11) is 1.65. The van der Waals surface area contributed by atoms with Gasteiger partial charge in [-0.15, -0.1) is 0 Å². The standard InChI is InChI=1S/C15H19N3O2/c1-10-5-4-8-16-13(10)15-17-14(18-20-15)11-6-3-7-12(9-11)19-2/h3,6-7,9-10,13,16H,4-5,8H2,1-2H3. The van der Waals surface area contributed by atoms with E-state index in [1.54, 1.807) is 7.11 Å². The van der Waals surface area contributed by atoms with Crippen molar-refractivity contribution in [3.8, 4) is 17.1 Å². The van der Waals surface area contributed by atoms with Gasteiger partial charge in [0.25, 0.3) is 0 Å². The summed E-state index contributed by atoms with van der Waals surface area (Å²) in [4.78, 5) is 4.53. The van der Waals surface area contributed by atoms with Gasteiger partial charge in [-0.1, -0.05) is 24.2 Å². The number of hydrogen-bond donors (Lipinski definition) is 1. The van der Waals surface area contributed by atoms with Crippen LogP contribution in [-0.4, -0.2) is 23.8 Å². The molecule has 0 amide bonds. The molecule has 3 rings (SSSR count). The fraction of sp³-hybridized carbons (Fsp3) is 0.467. The number of hydrogen-bond acceptors (Lipinski definition) is 5. The maximum Gasteiger partial charge on any atom is 0.244 e. The highest BCUT2D eigenvalue weighted by Crippen LogP contribution is 2.29. The van der Waals surface area contributed by atoms with Crippen molar-refractivity contribution in [2.75, 3.05) is 13.7 Å². The maximum absolute atomic E-state index is 5.44. The molecule has 1 aromatic heterocycles. The molecule has 2 unspecified atom stereocenters. The predicted molar refractivity (Wildman–Crippen MR) is 75.4 cm³/mol. The minimum absolute atomic E-state index is 0.163. The number of methoxy groups -OCH3 is 1. The highest BCUT2D eigenvalue weighted by atomic mass is 16.5. The number of nitrogens with zero attached hydrogens (tertiary/aromatic N) is 2. The molecule has 5 heteroatoms. The van der Waals surface area contributed by atoms with Crippen LogP contribution in [0.2, 0.25) is 0 Å². The Labute approximate surface area is 118 Å². The number of piperidine rings is 1. The Balaban J connectivity index is 1.85. The van der Waals surface area contributed by atoms with Gasteiger partial charge in [0.2, 0.25) is 11.7 Å². The molecule has 0 spiro atoms. The van der Waals surface area contributed by atoms with Gasteiger partial charge in [0.05, 0.1) is 13.2 Å². The molecule has 0 radical (unpaired) electrons. The van der Waals surface area contributed by atoms with Crippen LogP contribution in [0, 0.1) is 5.92 Å². The molecule has 5 nitrogen and oxygen atoms in total. The van der Waals surface area contributed by atoms with Crippen molar-refractivity contribution in [3.05, 3.63) is 30.2 Å². The van der Waals surface area contributed by atoms with Crippen LogP contribution in [0.3, 0.4) is 0 Å². The predicted octanol–water partition coefficient (Wildman–Crippen LogP) is 2.81. The molecule has 1 saturated heterocycles. The Hall–Kier alpha value is -1.88. The van der Waals surface area contributed by atoms with Gasteiger partial charge < -0.3 is 14.6 Å². The summed E-state index contributed by atoms with van der Waals surface area (Å²) in [6.45, 7) is 3.22. The van der Waals surface area contributed by atoms with E-state index in [1.807, 2.05) is 24.3 Å². The third-order valence-electron chi connectivity index (χ3n) is 3.81. The molecular formula is C15H19N3O2. The zero-order valence-corrected chi connectivity index (χ0v) is 11.8. The van der Waals surface area contributed by atoms with Gasteiger partial charge in [0.15, 0.2) is 0 Å². The summed E-state index contributed by atoms with van der Waals surface area (Å²) in [6, 6.07) is 7.85. The van der Waals surface area contributed by atoms with E-state index in [0.717, 1.165) is 17.9 Å². The number of ether oxygens (including phenoxy) is 1. The molecule has 2 aromatic rings. The third kappa shape index (κ3) is 2.54. The lowest BCUT2D eigenvalue weighted by Crippen LogP contribution is -2.33. The average molecular weight is 273 g/mol. The normalized spacial score (nSPS) is 22.7. The lowest BCUT2D eigenvalue weighted by atomic mass is 9.93.